The second-order valence-corrected chi connectivity index (χ2v) is 3.70. The van der Waals surface area contributed by atoms with E-state index in [1.807, 2.05) is 6.92 Å². The van der Waals surface area contributed by atoms with Crippen molar-refractivity contribution in [2.75, 3.05) is 18.8 Å². The van der Waals surface area contributed by atoms with Gasteiger partial charge >= 0.3 is 0 Å². The Bertz CT molecular complexity index is 348. The summed E-state index contributed by atoms with van der Waals surface area (Å²) in [7, 11) is 0. The average Bonchev–Trinajstić information content (AvgIpc) is 2.16. The van der Waals surface area contributed by atoms with E-state index in [1.54, 1.807) is 0 Å². The Labute approximate surface area is 84.2 Å². The molecule has 76 valence electrons. The van der Waals surface area contributed by atoms with Crippen LogP contribution in [0.4, 0.5) is 5.82 Å². The van der Waals surface area contributed by atoms with E-state index < -0.39 is 0 Å². The topological polar surface area (TPSA) is 55.0 Å². The van der Waals surface area contributed by atoms with Gasteiger partial charge in [-0.15, -0.1) is 0 Å². The second kappa shape index (κ2) is 3.53. The third kappa shape index (κ3) is 1.57. The first-order chi connectivity index (χ1) is 6.70. The first-order valence-corrected chi connectivity index (χ1v) is 5.05. The SMILES string of the molecule is CCN1CCc2c(N)nc(C)nc2C1. The first-order valence-electron chi connectivity index (χ1n) is 5.05. The lowest BCUT2D eigenvalue weighted by Gasteiger charge is -2.27. The molecule has 1 aromatic heterocycles. The van der Waals surface area contributed by atoms with Crippen molar-refractivity contribution < 1.29 is 0 Å². The molecule has 1 aliphatic rings. The molecule has 0 spiro atoms. The third-order valence-corrected chi connectivity index (χ3v) is 2.74. The van der Waals surface area contributed by atoms with Gasteiger partial charge in [0.1, 0.15) is 11.6 Å². The van der Waals surface area contributed by atoms with Gasteiger partial charge < -0.3 is 5.73 Å². The number of anilines is 1. The Morgan fingerprint density at radius 3 is 2.93 bits per heavy atom. The normalized spacial score (nSPS) is 16.7. The van der Waals surface area contributed by atoms with Gasteiger partial charge in [0.05, 0.1) is 5.69 Å². The number of nitrogen functional groups attached to an aromatic ring is 1. The van der Waals surface area contributed by atoms with Crippen LogP contribution < -0.4 is 5.73 Å². The zero-order valence-corrected chi connectivity index (χ0v) is 8.75. The van der Waals surface area contributed by atoms with Crippen molar-refractivity contribution in [3.63, 3.8) is 0 Å². The van der Waals surface area contributed by atoms with E-state index in [4.69, 9.17) is 5.73 Å². The smallest absolute Gasteiger partial charge is 0.130 e. The van der Waals surface area contributed by atoms with Crippen LogP contribution in [0.1, 0.15) is 24.0 Å². The number of rotatable bonds is 1. The average molecular weight is 192 g/mol. The highest BCUT2D eigenvalue weighted by atomic mass is 15.1. The maximum Gasteiger partial charge on any atom is 0.130 e. The van der Waals surface area contributed by atoms with E-state index in [9.17, 15) is 0 Å². The van der Waals surface area contributed by atoms with Gasteiger partial charge in [-0.1, -0.05) is 6.92 Å². The minimum Gasteiger partial charge on any atom is -0.383 e. The van der Waals surface area contributed by atoms with Crippen molar-refractivity contribution in [1.82, 2.24) is 14.9 Å². The van der Waals surface area contributed by atoms with Crippen molar-refractivity contribution >= 4 is 5.82 Å². The number of aryl methyl sites for hydroxylation is 1. The number of likely N-dealkylation sites (N-methyl/N-ethyl adjacent to an activating group) is 1. The molecule has 0 fully saturated rings. The maximum absolute atomic E-state index is 5.86. The molecule has 0 aliphatic carbocycles. The van der Waals surface area contributed by atoms with Gasteiger partial charge in [0, 0.05) is 18.7 Å². The van der Waals surface area contributed by atoms with Crippen LogP contribution in [0.15, 0.2) is 0 Å². The van der Waals surface area contributed by atoms with Crippen molar-refractivity contribution in [3.05, 3.63) is 17.1 Å². The molecule has 0 unspecified atom stereocenters. The van der Waals surface area contributed by atoms with Gasteiger partial charge in [-0.05, 0) is 19.9 Å². The van der Waals surface area contributed by atoms with Crippen LogP contribution in [0, 0.1) is 6.92 Å². The van der Waals surface area contributed by atoms with Crippen LogP contribution in [0.2, 0.25) is 0 Å². The van der Waals surface area contributed by atoms with E-state index in [2.05, 4.69) is 21.8 Å². The Kier molecular flexibility index (Phi) is 2.37. The van der Waals surface area contributed by atoms with E-state index in [0.717, 1.165) is 43.1 Å². The number of fused-ring (bicyclic) bond motifs is 1. The second-order valence-electron chi connectivity index (χ2n) is 3.70. The molecule has 4 nitrogen and oxygen atoms in total. The van der Waals surface area contributed by atoms with E-state index in [-0.39, 0.29) is 0 Å². The van der Waals surface area contributed by atoms with Gasteiger partial charge in [0.15, 0.2) is 0 Å². The van der Waals surface area contributed by atoms with E-state index in [1.165, 1.54) is 0 Å². The summed E-state index contributed by atoms with van der Waals surface area (Å²) in [5.74, 6) is 1.45. The molecule has 1 aromatic rings. The van der Waals surface area contributed by atoms with Gasteiger partial charge in [-0.3, -0.25) is 4.90 Å². The summed E-state index contributed by atoms with van der Waals surface area (Å²) in [4.78, 5) is 11.0. The monoisotopic (exact) mass is 192 g/mol. The Balaban J connectivity index is 2.37. The first kappa shape index (κ1) is 9.40. The molecule has 0 aromatic carbocycles. The van der Waals surface area contributed by atoms with Crippen molar-refractivity contribution in [3.8, 4) is 0 Å². The molecule has 14 heavy (non-hydrogen) atoms. The highest BCUT2D eigenvalue weighted by molar-refractivity contribution is 5.43. The Morgan fingerprint density at radius 1 is 1.43 bits per heavy atom. The van der Waals surface area contributed by atoms with Crippen molar-refractivity contribution in [2.45, 2.75) is 26.8 Å². The standard InChI is InChI=1S/C10H16N4/c1-3-14-5-4-8-9(6-14)12-7(2)13-10(8)11/h3-6H2,1-2H3,(H2,11,12,13). The molecular formula is C10H16N4. The van der Waals surface area contributed by atoms with Crippen molar-refractivity contribution in [2.24, 2.45) is 0 Å². The lowest BCUT2D eigenvalue weighted by molar-refractivity contribution is 0.263. The zero-order valence-electron chi connectivity index (χ0n) is 8.75. The van der Waals surface area contributed by atoms with E-state index >= 15 is 0 Å². The highest BCUT2D eigenvalue weighted by Gasteiger charge is 2.19. The van der Waals surface area contributed by atoms with Crippen LogP contribution in [0.25, 0.3) is 0 Å². The third-order valence-electron chi connectivity index (χ3n) is 2.74. The lowest BCUT2D eigenvalue weighted by atomic mass is 10.1. The van der Waals surface area contributed by atoms with Crippen molar-refractivity contribution in [1.29, 1.82) is 0 Å². The molecule has 4 heteroatoms. The molecule has 0 radical (unpaired) electrons. The number of nitrogens with two attached hydrogens (primary N) is 1. The summed E-state index contributed by atoms with van der Waals surface area (Å²) < 4.78 is 0. The molecular weight excluding hydrogens is 176 g/mol. The summed E-state index contributed by atoms with van der Waals surface area (Å²) in [6, 6.07) is 0. The minimum absolute atomic E-state index is 0.670. The zero-order chi connectivity index (χ0) is 10.1. The number of hydrogen-bond acceptors (Lipinski definition) is 4. The molecule has 0 amide bonds. The van der Waals surface area contributed by atoms with Gasteiger partial charge in [0.2, 0.25) is 0 Å². The summed E-state index contributed by atoms with van der Waals surface area (Å²) in [6.07, 6.45) is 0.981. The fourth-order valence-corrected chi connectivity index (χ4v) is 1.91. The summed E-state index contributed by atoms with van der Waals surface area (Å²) in [5.41, 5.74) is 8.13. The fraction of sp³-hybridized carbons (Fsp3) is 0.600. The summed E-state index contributed by atoms with van der Waals surface area (Å²) in [5, 5.41) is 0. The number of nitrogens with zero attached hydrogens (tertiary/aromatic N) is 3. The van der Waals surface area contributed by atoms with Gasteiger partial charge in [0.25, 0.3) is 0 Å². The highest BCUT2D eigenvalue weighted by Crippen LogP contribution is 2.20. The van der Waals surface area contributed by atoms with Gasteiger partial charge in [-0.2, -0.15) is 0 Å². The molecule has 0 bridgehead atoms. The predicted octanol–water partition coefficient (Wildman–Crippen LogP) is 0.745. The molecule has 2 heterocycles. The van der Waals surface area contributed by atoms with Crippen LogP contribution in [0.3, 0.4) is 0 Å². The predicted molar refractivity (Wildman–Crippen MR) is 55.8 cm³/mol. The molecule has 2 N–H and O–H groups in total. The Hall–Kier alpha value is -1.16. The van der Waals surface area contributed by atoms with Crippen LogP contribution in [0.5, 0.6) is 0 Å². The summed E-state index contributed by atoms with van der Waals surface area (Å²) in [6.45, 7) is 7.12. The van der Waals surface area contributed by atoms with Gasteiger partial charge in [-0.25, -0.2) is 9.97 Å². The number of hydrogen-bond donors (Lipinski definition) is 1. The van der Waals surface area contributed by atoms with Crippen LogP contribution >= 0.6 is 0 Å². The molecule has 0 saturated heterocycles. The van der Waals surface area contributed by atoms with Crippen LogP contribution in [-0.4, -0.2) is 28.0 Å². The quantitative estimate of drug-likeness (QED) is 0.713. The summed E-state index contributed by atoms with van der Waals surface area (Å²) >= 11 is 0. The lowest BCUT2D eigenvalue weighted by Crippen LogP contribution is -2.32. The fourth-order valence-electron chi connectivity index (χ4n) is 1.91. The maximum atomic E-state index is 5.86. The number of aromatic nitrogens is 2. The van der Waals surface area contributed by atoms with Crippen LogP contribution in [-0.2, 0) is 13.0 Å². The molecule has 2 rings (SSSR count). The molecule has 0 atom stereocenters. The molecule has 1 aliphatic heterocycles. The largest absolute Gasteiger partial charge is 0.383 e. The van der Waals surface area contributed by atoms with E-state index in [0.29, 0.717) is 5.82 Å². The Morgan fingerprint density at radius 2 is 2.21 bits per heavy atom. The molecule has 0 saturated carbocycles. The minimum atomic E-state index is 0.670.